The van der Waals surface area contributed by atoms with Crippen molar-refractivity contribution in [2.45, 2.75) is 44.6 Å². The van der Waals surface area contributed by atoms with Crippen molar-refractivity contribution in [3.05, 3.63) is 94.3 Å². The van der Waals surface area contributed by atoms with Crippen LogP contribution in [0.15, 0.2) is 67.0 Å². The number of fused-ring (bicyclic) bond motifs is 1. The van der Waals surface area contributed by atoms with Gasteiger partial charge in [-0.3, -0.25) is 14.6 Å². The van der Waals surface area contributed by atoms with Crippen molar-refractivity contribution < 1.29 is 9.59 Å². The van der Waals surface area contributed by atoms with Crippen molar-refractivity contribution in [3.63, 3.8) is 0 Å². The number of pyridine rings is 1. The number of aryl methyl sites for hydroxylation is 1. The SMILES string of the molecule is O=C(N[C@H]1CCCc2ccc(C(=O)N3CCC4(CCN(c5ccncc5)CC4)C3)cc21)c1ccccc1Cl. The van der Waals surface area contributed by atoms with Crippen LogP contribution in [0.3, 0.4) is 0 Å². The quantitative estimate of drug-likeness (QED) is 0.473. The summed E-state index contributed by atoms with van der Waals surface area (Å²) in [4.78, 5) is 35.2. The molecule has 0 saturated carbocycles. The standard InChI is InChI=1S/C31H33ClN4O2/c32-27-6-2-1-5-25(27)29(37)34-28-7-3-4-22-8-9-23(20-26(22)28)30(38)36-19-14-31(21-36)12-17-35(18-13-31)24-10-15-33-16-11-24/h1-2,5-6,8-11,15-16,20,28H,3-4,7,12-14,17-19,21H2,(H,34,37)/t28-/m0/s1. The molecule has 196 valence electrons. The Hall–Kier alpha value is -3.38. The molecule has 2 aromatic carbocycles. The zero-order valence-electron chi connectivity index (χ0n) is 21.5. The number of amides is 2. The minimum atomic E-state index is -0.176. The number of aromatic nitrogens is 1. The molecule has 3 heterocycles. The van der Waals surface area contributed by atoms with Crippen molar-refractivity contribution in [2.24, 2.45) is 5.41 Å². The highest BCUT2D eigenvalue weighted by molar-refractivity contribution is 6.33. The Kier molecular flexibility index (Phi) is 6.83. The van der Waals surface area contributed by atoms with Gasteiger partial charge in [-0.25, -0.2) is 0 Å². The predicted molar refractivity (Wildman–Crippen MR) is 150 cm³/mol. The summed E-state index contributed by atoms with van der Waals surface area (Å²) in [6, 6.07) is 17.2. The Morgan fingerprint density at radius 2 is 1.74 bits per heavy atom. The Labute approximate surface area is 229 Å². The summed E-state index contributed by atoms with van der Waals surface area (Å²) in [5.74, 6) is -0.0761. The average molecular weight is 529 g/mol. The predicted octanol–water partition coefficient (Wildman–Crippen LogP) is 5.68. The molecular weight excluding hydrogens is 496 g/mol. The van der Waals surface area contributed by atoms with E-state index in [4.69, 9.17) is 11.6 Å². The van der Waals surface area contributed by atoms with Gasteiger partial charge in [-0.1, -0.05) is 29.8 Å². The van der Waals surface area contributed by atoms with Crippen LogP contribution in [-0.4, -0.2) is 47.9 Å². The lowest BCUT2D eigenvalue weighted by Gasteiger charge is -2.40. The van der Waals surface area contributed by atoms with Crippen molar-refractivity contribution >= 4 is 29.1 Å². The number of nitrogens with one attached hydrogen (secondary N) is 1. The van der Waals surface area contributed by atoms with Crippen LogP contribution in [0.1, 0.15) is 70.0 Å². The number of benzene rings is 2. The lowest BCUT2D eigenvalue weighted by atomic mass is 9.77. The molecule has 7 heteroatoms. The molecule has 6 rings (SSSR count). The maximum atomic E-state index is 13.6. The number of nitrogens with zero attached hydrogens (tertiary/aromatic N) is 3. The maximum Gasteiger partial charge on any atom is 0.253 e. The van der Waals surface area contributed by atoms with Gasteiger partial charge in [-0.2, -0.15) is 0 Å². The van der Waals surface area contributed by atoms with E-state index in [0.29, 0.717) is 16.1 Å². The monoisotopic (exact) mass is 528 g/mol. The molecule has 2 fully saturated rings. The maximum absolute atomic E-state index is 13.6. The third kappa shape index (κ3) is 4.90. The van der Waals surface area contributed by atoms with E-state index in [2.05, 4.69) is 33.4 Å². The number of rotatable bonds is 4. The van der Waals surface area contributed by atoms with Gasteiger partial charge in [0, 0.05) is 49.8 Å². The second kappa shape index (κ2) is 10.4. The van der Waals surface area contributed by atoms with E-state index in [1.54, 1.807) is 12.1 Å². The third-order valence-corrected chi connectivity index (χ3v) is 9.04. The fraction of sp³-hybridized carbons (Fsp3) is 0.387. The van der Waals surface area contributed by atoms with Gasteiger partial charge in [-0.05, 0) is 91.5 Å². The van der Waals surface area contributed by atoms with Crippen molar-refractivity contribution in [3.8, 4) is 0 Å². The molecule has 3 aliphatic rings. The molecule has 1 aliphatic carbocycles. The number of carbonyl (C=O) groups is 2. The Morgan fingerprint density at radius 3 is 2.53 bits per heavy atom. The minimum absolute atomic E-state index is 0.1000. The lowest BCUT2D eigenvalue weighted by Crippen LogP contribution is -2.42. The Bertz CT molecular complexity index is 1340. The molecule has 0 bridgehead atoms. The zero-order valence-corrected chi connectivity index (χ0v) is 22.3. The van der Waals surface area contributed by atoms with Crippen LogP contribution in [0.4, 0.5) is 5.69 Å². The second-order valence-corrected chi connectivity index (χ2v) is 11.4. The highest BCUT2D eigenvalue weighted by Crippen LogP contribution is 2.42. The average Bonchev–Trinajstić information content (AvgIpc) is 3.37. The van der Waals surface area contributed by atoms with E-state index in [9.17, 15) is 9.59 Å². The number of halogens is 1. The minimum Gasteiger partial charge on any atom is -0.371 e. The molecule has 2 amide bonds. The van der Waals surface area contributed by atoms with E-state index < -0.39 is 0 Å². The summed E-state index contributed by atoms with van der Waals surface area (Å²) in [7, 11) is 0. The number of likely N-dealkylation sites (tertiary alicyclic amines) is 1. The molecule has 1 spiro atoms. The molecule has 2 saturated heterocycles. The summed E-state index contributed by atoms with van der Waals surface area (Å²) in [6.45, 7) is 3.65. The van der Waals surface area contributed by atoms with Crippen molar-refractivity contribution in [2.75, 3.05) is 31.1 Å². The summed E-state index contributed by atoms with van der Waals surface area (Å²) in [5, 5.41) is 3.62. The topological polar surface area (TPSA) is 65.5 Å². The Morgan fingerprint density at radius 1 is 0.974 bits per heavy atom. The van der Waals surface area contributed by atoms with Gasteiger partial charge in [-0.15, -0.1) is 0 Å². The first kappa shape index (κ1) is 24.9. The lowest BCUT2D eigenvalue weighted by molar-refractivity contribution is 0.0764. The number of hydrogen-bond acceptors (Lipinski definition) is 4. The zero-order chi connectivity index (χ0) is 26.1. The Balaban J connectivity index is 1.14. The van der Waals surface area contributed by atoms with E-state index in [-0.39, 0.29) is 23.3 Å². The van der Waals surface area contributed by atoms with Gasteiger partial charge in [0.1, 0.15) is 0 Å². The van der Waals surface area contributed by atoms with Crippen LogP contribution < -0.4 is 10.2 Å². The van der Waals surface area contributed by atoms with Crippen LogP contribution in [0, 0.1) is 5.41 Å². The van der Waals surface area contributed by atoms with E-state index >= 15 is 0 Å². The van der Waals surface area contributed by atoms with E-state index in [1.807, 2.05) is 41.6 Å². The molecule has 38 heavy (non-hydrogen) atoms. The molecule has 0 unspecified atom stereocenters. The summed E-state index contributed by atoms with van der Waals surface area (Å²) < 4.78 is 0. The van der Waals surface area contributed by atoms with Gasteiger partial charge < -0.3 is 15.1 Å². The fourth-order valence-electron chi connectivity index (χ4n) is 6.46. The summed E-state index contributed by atoms with van der Waals surface area (Å²) in [5.41, 5.74) is 4.89. The summed E-state index contributed by atoms with van der Waals surface area (Å²) >= 11 is 6.26. The molecule has 0 radical (unpaired) electrons. The second-order valence-electron chi connectivity index (χ2n) is 11.0. The summed E-state index contributed by atoms with van der Waals surface area (Å²) in [6.07, 6.45) is 9.76. The molecule has 2 aliphatic heterocycles. The van der Waals surface area contributed by atoms with E-state index in [1.165, 1.54) is 11.3 Å². The largest absolute Gasteiger partial charge is 0.371 e. The van der Waals surface area contributed by atoms with Gasteiger partial charge in [0.2, 0.25) is 0 Å². The first-order chi connectivity index (χ1) is 18.5. The van der Waals surface area contributed by atoms with Gasteiger partial charge in [0.15, 0.2) is 0 Å². The fourth-order valence-corrected chi connectivity index (χ4v) is 6.68. The van der Waals surface area contributed by atoms with Crippen LogP contribution in [0.5, 0.6) is 0 Å². The smallest absolute Gasteiger partial charge is 0.253 e. The molecule has 3 aromatic rings. The van der Waals surface area contributed by atoms with Gasteiger partial charge >= 0.3 is 0 Å². The number of carbonyl (C=O) groups excluding carboxylic acids is 2. The van der Waals surface area contributed by atoms with Crippen LogP contribution >= 0.6 is 11.6 Å². The van der Waals surface area contributed by atoms with Crippen molar-refractivity contribution in [1.82, 2.24) is 15.2 Å². The highest BCUT2D eigenvalue weighted by Gasteiger charge is 2.42. The third-order valence-electron chi connectivity index (χ3n) is 8.71. The molecule has 6 nitrogen and oxygen atoms in total. The van der Waals surface area contributed by atoms with Crippen molar-refractivity contribution in [1.29, 1.82) is 0 Å². The normalized spacial score (nSPS) is 20.3. The molecule has 1 atom stereocenters. The molecule has 1 aromatic heterocycles. The van der Waals surface area contributed by atoms with Crippen LogP contribution in [0.25, 0.3) is 0 Å². The first-order valence-corrected chi connectivity index (χ1v) is 14.0. The van der Waals surface area contributed by atoms with Gasteiger partial charge in [0.05, 0.1) is 16.6 Å². The number of hydrogen-bond donors (Lipinski definition) is 1. The first-order valence-electron chi connectivity index (χ1n) is 13.6. The van der Waals surface area contributed by atoms with Gasteiger partial charge in [0.25, 0.3) is 11.8 Å². The van der Waals surface area contributed by atoms with E-state index in [0.717, 1.165) is 70.3 Å². The molecule has 1 N–H and O–H groups in total. The number of piperidine rings is 1. The number of anilines is 1. The van der Waals surface area contributed by atoms with Crippen LogP contribution in [-0.2, 0) is 6.42 Å². The highest BCUT2D eigenvalue weighted by atomic mass is 35.5. The molecular formula is C31H33ClN4O2. The van der Waals surface area contributed by atoms with Crippen LogP contribution in [0.2, 0.25) is 5.02 Å².